The van der Waals surface area contributed by atoms with Gasteiger partial charge in [-0.15, -0.1) is 0 Å². The van der Waals surface area contributed by atoms with Crippen LogP contribution in [-0.2, 0) is 31.7 Å². The Kier molecular flexibility index (Phi) is 51.5. The zero-order chi connectivity index (χ0) is 2.71. The van der Waals surface area contributed by atoms with Crippen LogP contribution in [0.3, 0.4) is 0 Å². The van der Waals surface area contributed by atoms with E-state index < -0.39 is 0 Å². The van der Waals surface area contributed by atoms with Gasteiger partial charge in [-0.1, -0.05) is 0 Å². The second kappa shape index (κ2) is 16.4. The summed E-state index contributed by atoms with van der Waals surface area (Å²) in [7, 11) is 8.68. The van der Waals surface area contributed by atoms with Crippen molar-refractivity contribution in [3.63, 3.8) is 0 Å². The molecule has 0 aliphatic heterocycles. The van der Waals surface area contributed by atoms with Gasteiger partial charge in [-0.05, 0) is 0 Å². The number of hydrogen-bond donors (Lipinski definition) is 0. The third kappa shape index (κ3) is 22.8. The van der Waals surface area contributed by atoms with E-state index in [1.165, 1.54) is 0 Å². The third-order valence-electron chi connectivity index (χ3n) is 0. The fourth-order valence-corrected chi connectivity index (χ4v) is 0. The first-order valence-electron chi connectivity index (χ1n) is 0.333. The van der Waals surface area contributed by atoms with E-state index >= 15 is 0 Å². The third-order valence-corrected chi connectivity index (χ3v) is 0. The summed E-state index contributed by atoms with van der Waals surface area (Å²) in [5.41, 5.74) is 0. The van der Waals surface area contributed by atoms with Crippen LogP contribution in [0.2, 0.25) is 0 Å². The first-order chi connectivity index (χ1) is 1.41. The van der Waals surface area contributed by atoms with Gasteiger partial charge in [-0.25, -0.2) is 0 Å². The minimum atomic E-state index is -0.363. The van der Waals surface area contributed by atoms with Gasteiger partial charge in [0.05, 0.1) is 0 Å². The minimum absolute atomic E-state index is 0. The summed E-state index contributed by atoms with van der Waals surface area (Å²) in [6, 6.07) is 0. The summed E-state index contributed by atoms with van der Waals surface area (Å²) in [6.45, 7) is 0. The first kappa shape index (κ1) is 15.7. The molecule has 0 aromatic rings. The molecule has 4 radical (unpaired) electrons. The zero-order valence-corrected chi connectivity index (χ0v) is 7.97. The Morgan fingerprint density at radius 2 is 1.20 bits per heavy atom. The molecule has 0 N–H and O–H groups in total. The monoisotopic (exact) mass is 248 g/mol. The molecule has 0 spiro atoms. The van der Waals surface area contributed by atoms with E-state index in [-0.39, 0.29) is 49.1 Å². The molecule has 0 heterocycles. The summed E-state index contributed by atoms with van der Waals surface area (Å²) < 4.78 is 0. The molecule has 0 atom stereocenters. The second-order valence-electron chi connectivity index (χ2n) is 0.0680. The second-order valence-corrected chi connectivity index (χ2v) is 3.62. The molecule has 0 saturated heterocycles. The van der Waals surface area contributed by atoms with Crippen LogP contribution in [0.4, 0.5) is 0 Å². The van der Waals surface area contributed by atoms with Crippen molar-refractivity contribution in [1.29, 1.82) is 0 Å². The molecular weight excluding hydrogens is 246 g/mol. The normalized spacial score (nSPS) is 2.40. The van der Waals surface area contributed by atoms with Crippen LogP contribution in [0.25, 0.3) is 0 Å². The summed E-state index contributed by atoms with van der Waals surface area (Å²) in [5.74, 6) is 0. The van der Waals surface area contributed by atoms with Crippen LogP contribution >= 0.6 is 19.6 Å². The van der Waals surface area contributed by atoms with Crippen LogP contribution in [-0.4, -0.2) is 17.4 Å². The standard InChI is InChI=1S/Al.Co.Mo.2S. The van der Waals surface area contributed by atoms with Crippen LogP contribution < -0.4 is 0 Å². The van der Waals surface area contributed by atoms with E-state index in [1.54, 1.807) is 0 Å². The first-order valence-corrected chi connectivity index (χ1v) is 5.92. The number of rotatable bonds is 0. The van der Waals surface area contributed by atoms with Gasteiger partial charge in [0.15, 0.2) is 0 Å². The summed E-state index contributed by atoms with van der Waals surface area (Å²) >= 11 is -0.363. The zero-order valence-electron chi connectivity index (χ0n) is 2.14. The average molecular weight is 246 g/mol. The molecule has 0 aliphatic rings. The van der Waals surface area contributed by atoms with Gasteiger partial charge in [0, 0.05) is 34.1 Å². The fraction of sp³-hybridized carbons (Fsp3) is 0. The summed E-state index contributed by atoms with van der Waals surface area (Å²) in [4.78, 5) is 0. The Morgan fingerprint density at radius 3 is 1.20 bits per heavy atom. The van der Waals surface area contributed by atoms with E-state index in [4.69, 9.17) is 0 Å². The molecule has 0 aromatic heterocycles. The molecule has 0 fully saturated rings. The molecule has 5 heavy (non-hydrogen) atoms. The van der Waals surface area contributed by atoms with Gasteiger partial charge >= 0.3 is 34.6 Å². The van der Waals surface area contributed by atoms with Crippen molar-refractivity contribution in [2.24, 2.45) is 0 Å². The van der Waals surface area contributed by atoms with Crippen molar-refractivity contribution in [3.8, 4) is 0 Å². The van der Waals surface area contributed by atoms with E-state index in [9.17, 15) is 0 Å². The molecule has 30 valence electrons. The van der Waals surface area contributed by atoms with E-state index in [1.807, 2.05) is 0 Å². The maximum absolute atomic E-state index is 4.34. The van der Waals surface area contributed by atoms with Gasteiger partial charge in [-0.3, -0.25) is 0 Å². The predicted molar refractivity (Wildman–Crippen MR) is 20.9 cm³/mol. The van der Waals surface area contributed by atoms with Crippen molar-refractivity contribution < 1.29 is 31.7 Å². The topological polar surface area (TPSA) is 0 Å². The summed E-state index contributed by atoms with van der Waals surface area (Å²) in [5, 5.41) is 0. The Bertz CT molecular complexity index is 30.6. The van der Waals surface area contributed by atoms with Gasteiger partial charge in [0.2, 0.25) is 0 Å². The molecule has 0 nitrogen and oxygen atoms in total. The molecule has 0 aromatic carbocycles. The van der Waals surface area contributed by atoms with Crippen LogP contribution in [0.15, 0.2) is 0 Å². The quantitative estimate of drug-likeness (QED) is 0.582. The Balaban J connectivity index is -0.0000000200. The molecule has 0 unspecified atom stereocenters. The van der Waals surface area contributed by atoms with Gasteiger partial charge < -0.3 is 0 Å². The molecule has 0 saturated carbocycles. The van der Waals surface area contributed by atoms with Crippen molar-refractivity contribution in [2.45, 2.75) is 0 Å². The van der Waals surface area contributed by atoms with Crippen LogP contribution in [0.1, 0.15) is 0 Å². The fourth-order valence-electron chi connectivity index (χ4n) is 0. The SMILES string of the molecule is [Al].[Co].[S]=[Mo]=[S]. The van der Waals surface area contributed by atoms with E-state index in [0.717, 1.165) is 0 Å². The average Bonchev–Trinajstić information content (AvgIpc) is 0.918. The van der Waals surface area contributed by atoms with Crippen molar-refractivity contribution in [3.05, 3.63) is 0 Å². The Labute approximate surface area is 67.8 Å². The summed E-state index contributed by atoms with van der Waals surface area (Å²) in [6.07, 6.45) is 0. The van der Waals surface area contributed by atoms with E-state index in [0.29, 0.717) is 0 Å². The molecule has 0 aliphatic carbocycles. The van der Waals surface area contributed by atoms with Crippen LogP contribution in [0, 0.1) is 0 Å². The molecule has 0 bridgehead atoms. The van der Waals surface area contributed by atoms with Crippen LogP contribution in [0.5, 0.6) is 0 Å². The van der Waals surface area contributed by atoms with Crippen molar-refractivity contribution in [1.82, 2.24) is 0 Å². The predicted octanol–water partition coefficient (Wildman–Crippen LogP) is 0.911. The van der Waals surface area contributed by atoms with Crippen molar-refractivity contribution in [2.75, 3.05) is 0 Å². The van der Waals surface area contributed by atoms with Gasteiger partial charge in [0.25, 0.3) is 0 Å². The maximum atomic E-state index is 4.34. The van der Waals surface area contributed by atoms with Gasteiger partial charge in [-0.2, -0.15) is 0 Å². The molecule has 0 rings (SSSR count). The Hall–Kier alpha value is 2.17. The van der Waals surface area contributed by atoms with Gasteiger partial charge in [0.1, 0.15) is 0 Å². The molecular formula is AlCoMoS2. The number of hydrogen-bond acceptors (Lipinski definition) is 2. The molecule has 0 amide bonds. The van der Waals surface area contributed by atoms with Crippen molar-refractivity contribution >= 4 is 37.0 Å². The van der Waals surface area contributed by atoms with E-state index in [2.05, 4.69) is 19.6 Å². The Morgan fingerprint density at radius 1 is 1.20 bits per heavy atom. The molecule has 5 heteroatoms.